The van der Waals surface area contributed by atoms with Crippen LogP contribution in [0.4, 0.5) is 11.5 Å². The summed E-state index contributed by atoms with van der Waals surface area (Å²) in [4.78, 5) is 18.8. The molecule has 3 rings (SSSR count). The summed E-state index contributed by atoms with van der Waals surface area (Å²) in [6.45, 7) is 3.93. The fraction of sp³-hybridized carbons (Fsp3) is 0.333. The first-order valence-electron chi connectivity index (χ1n) is 7.90. The normalized spacial score (nSPS) is 15.5. The summed E-state index contributed by atoms with van der Waals surface area (Å²) >= 11 is 3.41. The highest BCUT2D eigenvalue weighted by atomic mass is 79.9. The molecule has 2 heterocycles. The maximum Gasteiger partial charge on any atom is 0.255 e. The van der Waals surface area contributed by atoms with Crippen molar-refractivity contribution in [3.8, 4) is 0 Å². The lowest BCUT2D eigenvalue weighted by molar-refractivity contribution is 0.0697. The van der Waals surface area contributed by atoms with E-state index in [0.717, 1.165) is 47.8 Å². The molecule has 1 amide bonds. The van der Waals surface area contributed by atoms with E-state index in [1.54, 1.807) is 6.20 Å². The number of benzene rings is 1. The van der Waals surface area contributed by atoms with Crippen molar-refractivity contribution < 1.29 is 4.79 Å². The van der Waals surface area contributed by atoms with Crippen molar-refractivity contribution in [1.82, 2.24) is 9.88 Å². The number of amides is 1. The molecule has 0 radical (unpaired) electrons. The van der Waals surface area contributed by atoms with Crippen LogP contribution in [0.1, 0.15) is 30.1 Å². The van der Waals surface area contributed by atoms with Crippen molar-refractivity contribution in [1.29, 1.82) is 0 Å². The molecule has 120 valence electrons. The molecule has 0 aliphatic carbocycles. The number of piperidine rings is 1. The van der Waals surface area contributed by atoms with Crippen LogP contribution < -0.4 is 5.32 Å². The van der Waals surface area contributed by atoms with E-state index in [-0.39, 0.29) is 5.91 Å². The molecule has 1 fully saturated rings. The molecule has 5 heteroatoms. The zero-order valence-corrected chi connectivity index (χ0v) is 14.7. The number of carbonyl (C=O) groups is 1. The molecule has 0 unspecified atom stereocenters. The maximum atomic E-state index is 12.5. The fourth-order valence-electron chi connectivity index (χ4n) is 2.67. The molecule has 0 spiro atoms. The van der Waals surface area contributed by atoms with Crippen LogP contribution in [-0.4, -0.2) is 28.9 Å². The highest BCUT2D eigenvalue weighted by Crippen LogP contribution is 2.20. The van der Waals surface area contributed by atoms with Gasteiger partial charge in [-0.3, -0.25) is 4.79 Å². The number of hydrogen-bond donors (Lipinski definition) is 1. The second-order valence-electron chi connectivity index (χ2n) is 6.04. The molecular formula is C18H20BrN3O. The fourth-order valence-corrected chi connectivity index (χ4v) is 2.93. The summed E-state index contributed by atoms with van der Waals surface area (Å²) in [5.74, 6) is 1.53. The predicted octanol–water partition coefficient (Wildman–Crippen LogP) is 4.46. The average molecular weight is 374 g/mol. The SMILES string of the molecule is CC1CCN(C(=O)c2ccc(Nc3ccc(Br)cc3)nc2)CC1. The lowest BCUT2D eigenvalue weighted by Crippen LogP contribution is -2.37. The number of aromatic nitrogens is 1. The number of anilines is 2. The van der Waals surface area contributed by atoms with Gasteiger partial charge in [0.25, 0.3) is 5.91 Å². The van der Waals surface area contributed by atoms with Gasteiger partial charge in [0.15, 0.2) is 0 Å². The number of likely N-dealkylation sites (tertiary alicyclic amines) is 1. The van der Waals surface area contributed by atoms with Gasteiger partial charge in [-0.1, -0.05) is 22.9 Å². The van der Waals surface area contributed by atoms with E-state index < -0.39 is 0 Å². The van der Waals surface area contributed by atoms with Crippen LogP contribution >= 0.6 is 15.9 Å². The van der Waals surface area contributed by atoms with Crippen LogP contribution in [0.15, 0.2) is 47.1 Å². The summed E-state index contributed by atoms with van der Waals surface area (Å²) in [7, 11) is 0. The number of hydrogen-bond acceptors (Lipinski definition) is 3. The Labute approximate surface area is 145 Å². The zero-order valence-electron chi connectivity index (χ0n) is 13.1. The summed E-state index contributed by atoms with van der Waals surface area (Å²) in [6, 6.07) is 11.6. The second-order valence-corrected chi connectivity index (χ2v) is 6.95. The van der Waals surface area contributed by atoms with E-state index in [2.05, 4.69) is 33.2 Å². The van der Waals surface area contributed by atoms with Crippen molar-refractivity contribution in [2.75, 3.05) is 18.4 Å². The molecule has 1 N–H and O–H groups in total. The first-order chi connectivity index (χ1) is 11.1. The van der Waals surface area contributed by atoms with E-state index in [1.165, 1.54) is 0 Å². The van der Waals surface area contributed by atoms with Crippen molar-refractivity contribution in [3.63, 3.8) is 0 Å². The van der Waals surface area contributed by atoms with E-state index in [1.807, 2.05) is 41.3 Å². The van der Waals surface area contributed by atoms with Crippen molar-refractivity contribution >= 4 is 33.3 Å². The van der Waals surface area contributed by atoms with Gasteiger partial charge in [-0.25, -0.2) is 4.98 Å². The monoisotopic (exact) mass is 373 g/mol. The molecule has 23 heavy (non-hydrogen) atoms. The summed E-state index contributed by atoms with van der Waals surface area (Å²) in [5, 5.41) is 3.23. The highest BCUT2D eigenvalue weighted by Gasteiger charge is 2.21. The van der Waals surface area contributed by atoms with Gasteiger partial charge in [-0.2, -0.15) is 0 Å². The quantitative estimate of drug-likeness (QED) is 0.863. The van der Waals surface area contributed by atoms with Gasteiger partial charge in [-0.15, -0.1) is 0 Å². The summed E-state index contributed by atoms with van der Waals surface area (Å²) < 4.78 is 1.04. The van der Waals surface area contributed by atoms with Gasteiger partial charge in [0.1, 0.15) is 5.82 Å². The van der Waals surface area contributed by atoms with E-state index >= 15 is 0 Å². The minimum Gasteiger partial charge on any atom is -0.340 e. The molecule has 4 nitrogen and oxygen atoms in total. The van der Waals surface area contributed by atoms with Crippen LogP contribution in [-0.2, 0) is 0 Å². The molecule has 1 aliphatic rings. The number of nitrogens with zero attached hydrogens (tertiary/aromatic N) is 2. The summed E-state index contributed by atoms with van der Waals surface area (Å²) in [6.07, 6.45) is 3.83. The molecule has 0 bridgehead atoms. The Morgan fingerprint density at radius 1 is 1.17 bits per heavy atom. The Balaban J connectivity index is 1.64. The molecule has 2 aromatic rings. The van der Waals surface area contributed by atoms with E-state index in [0.29, 0.717) is 5.56 Å². The van der Waals surface area contributed by atoms with Gasteiger partial charge in [0.05, 0.1) is 5.56 Å². The summed E-state index contributed by atoms with van der Waals surface area (Å²) in [5.41, 5.74) is 1.62. The van der Waals surface area contributed by atoms with Crippen molar-refractivity contribution in [2.45, 2.75) is 19.8 Å². The maximum absolute atomic E-state index is 12.5. The van der Waals surface area contributed by atoms with Gasteiger partial charge in [-0.05, 0) is 55.2 Å². The Morgan fingerprint density at radius 2 is 1.87 bits per heavy atom. The van der Waals surface area contributed by atoms with Crippen LogP contribution in [0.3, 0.4) is 0 Å². The van der Waals surface area contributed by atoms with Crippen LogP contribution in [0.5, 0.6) is 0 Å². The minimum absolute atomic E-state index is 0.0830. The molecule has 1 aromatic heterocycles. The second kappa shape index (κ2) is 7.13. The number of halogens is 1. The molecule has 1 aliphatic heterocycles. The van der Waals surface area contributed by atoms with Crippen molar-refractivity contribution in [2.24, 2.45) is 5.92 Å². The van der Waals surface area contributed by atoms with E-state index in [4.69, 9.17) is 0 Å². The Kier molecular flexibility index (Phi) is 4.96. The smallest absolute Gasteiger partial charge is 0.255 e. The Hall–Kier alpha value is -1.88. The lowest BCUT2D eigenvalue weighted by atomic mass is 9.99. The van der Waals surface area contributed by atoms with Crippen LogP contribution in [0.25, 0.3) is 0 Å². The molecule has 0 atom stereocenters. The third-order valence-corrected chi connectivity index (χ3v) is 4.73. The third kappa shape index (κ3) is 4.10. The minimum atomic E-state index is 0.0830. The van der Waals surface area contributed by atoms with E-state index in [9.17, 15) is 4.79 Å². The third-order valence-electron chi connectivity index (χ3n) is 4.20. The Bertz CT molecular complexity index is 662. The van der Waals surface area contributed by atoms with Gasteiger partial charge < -0.3 is 10.2 Å². The average Bonchev–Trinajstić information content (AvgIpc) is 2.58. The van der Waals surface area contributed by atoms with Gasteiger partial charge >= 0.3 is 0 Å². The molecule has 1 aromatic carbocycles. The number of pyridine rings is 1. The standard InChI is InChI=1S/C18H20BrN3O/c1-13-8-10-22(11-9-13)18(23)14-2-7-17(20-12-14)21-16-5-3-15(19)4-6-16/h2-7,12-13H,8-11H2,1H3,(H,20,21). The molecule has 1 saturated heterocycles. The first kappa shape index (κ1) is 16.0. The number of nitrogens with one attached hydrogen (secondary N) is 1. The van der Waals surface area contributed by atoms with Crippen molar-refractivity contribution in [3.05, 3.63) is 52.6 Å². The topological polar surface area (TPSA) is 45.2 Å². The lowest BCUT2D eigenvalue weighted by Gasteiger charge is -2.30. The van der Waals surface area contributed by atoms with Gasteiger partial charge in [0.2, 0.25) is 0 Å². The predicted molar refractivity (Wildman–Crippen MR) is 96.0 cm³/mol. The number of carbonyl (C=O) groups excluding carboxylic acids is 1. The molecule has 0 saturated carbocycles. The van der Waals surface area contributed by atoms with Crippen LogP contribution in [0.2, 0.25) is 0 Å². The number of rotatable bonds is 3. The molecular weight excluding hydrogens is 354 g/mol. The largest absolute Gasteiger partial charge is 0.340 e. The zero-order chi connectivity index (χ0) is 16.2. The highest BCUT2D eigenvalue weighted by molar-refractivity contribution is 9.10. The van der Waals surface area contributed by atoms with Crippen LogP contribution in [0, 0.1) is 5.92 Å². The Morgan fingerprint density at radius 3 is 2.48 bits per heavy atom. The first-order valence-corrected chi connectivity index (χ1v) is 8.69. The van der Waals surface area contributed by atoms with Gasteiger partial charge in [0, 0.05) is 29.4 Å².